The average Bonchev–Trinajstić information content (AvgIpc) is 2.67. The molecule has 3 aromatic carbocycles. The lowest BCUT2D eigenvalue weighted by Crippen LogP contribution is -2.27. The van der Waals surface area contributed by atoms with Crippen LogP contribution in [0.4, 0.5) is 0 Å². The summed E-state index contributed by atoms with van der Waals surface area (Å²) in [6.07, 6.45) is 0. The maximum atomic E-state index is 12.9. The summed E-state index contributed by atoms with van der Waals surface area (Å²) in [5, 5.41) is 3.56. The highest BCUT2D eigenvalue weighted by Crippen LogP contribution is 2.26. The summed E-state index contributed by atoms with van der Waals surface area (Å²) in [6, 6.07) is 21.0. The predicted molar refractivity (Wildman–Crippen MR) is 114 cm³/mol. The molecular formula is C24H24ClNO2. The first-order valence-corrected chi connectivity index (χ1v) is 9.66. The number of nitrogens with one attached hydrogen (secondary N) is 1. The molecule has 0 aromatic heterocycles. The Balaban J connectivity index is 1.77. The van der Waals surface area contributed by atoms with Crippen LogP contribution >= 0.6 is 11.6 Å². The Morgan fingerprint density at radius 1 is 1.04 bits per heavy atom. The maximum absolute atomic E-state index is 12.9. The molecule has 0 saturated heterocycles. The first-order valence-electron chi connectivity index (χ1n) is 9.28. The predicted octanol–water partition coefficient (Wildman–Crippen LogP) is 6.03. The molecule has 1 atom stereocenters. The highest BCUT2D eigenvalue weighted by molar-refractivity contribution is 6.31. The van der Waals surface area contributed by atoms with Gasteiger partial charge in [-0.3, -0.25) is 4.79 Å². The zero-order valence-electron chi connectivity index (χ0n) is 16.3. The van der Waals surface area contributed by atoms with E-state index in [2.05, 4.69) is 37.4 Å². The molecule has 3 aromatic rings. The molecule has 0 unspecified atom stereocenters. The largest absolute Gasteiger partial charge is 0.488 e. The van der Waals surface area contributed by atoms with E-state index in [0.29, 0.717) is 22.9 Å². The number of benzene rings is 3. The zero-order chi connectivity index (χ0) is 20.1. The monoisotopic (exact) mass is 393 g/mol. The second-order valence-electron chi connectivity index (χ2n) is 6.97. The summed E-state index contributed by atoms with van der Waals surface area (Å²) >= 11 is 6.14. The number of hydrogen-bond donors (Lipinski definition) is 1. The van der Waals surface area contributed by atoms with Crippen LogP contribution in [0.15, 0.2) is 66.7 Å². The number of rotatable bonds is 6. The van der Waals surface area contributed by atoms with Crippen molar-refractivity contribution in [2.75, 3.05) is 0 Å². The molecule has 0 saturated carbocycles. The number of aryl methyl sites for hydroxylation is 2. The molecule has 144 valence electrons. The molecule has 0 aliphatic heterocycles. The van der Waals surface area contributed by atoms with E-state index in [1.807, 2.05) is 37.3 Å². The molecule has 0 radical (unpaired) electrons. The Morgan fingerprint density at radius 3 is 2.50 bits per heavy atom. The van der Waals surface area contributed by atoms with Gasteiger partial charge in [-0.15, -0.1) is 0 Å². The number of carbonyl (C=O) groups excluding carboxylic acids is 1. The summed E-state index contributed by atoms with van der Waals surface area (Å²) in [7, 11) is 0. The quantitative estimate of drug-likeness (QED) is 0.555. The van der Waals surface area contributed by atoms with Crippen molar-refractivity contribution >= 4 is 17.5 Å². The fourth-order valence-electron chi connectivity index (χ4n) is 3.20. The third-order valence-corrected chi connectivity index (χ3v) is 4.90. The summed E-state index contributed by atoms with van der Waals surface area (Å²) < 4.78 is 5.91. The Bertz CT molecular complexity index is 970. The molecule has 4 heteroatoms. The van der Waals surface area contributed by atoms with Gasteiger partial charge in [-0.2, -0.15) is 0 Å². The van der Waals surface area contributed by atoms with Crippen molar-refractivity contribution in [2.45, 2.75) is 33.4 Å². The fraction of sp³-hybridized carbons (Fsp3) is 0.208. The highest BCUT2D eigenvalue weighted by atomic mass is 35.5. The van der Waals surface area contributed by atoms with Gasteiger partial charge in [0.2, 0.25) is 0 Å². The molecule has 0 spiro atoms. The normalized spacial score (nSPS) is 11.7. The standard InChI is InChI=1S/C24H24ClNO2/c1-16-9-11-21(17(2)13-16)18(3)26-24(27)22-14-20(25)10-12-23(22)28-15-19-7-5-4-6-8-19/h4-14,18H,15H2,1-3H3,(H,26,27)/t18-/m0/s1. The molecule has 1 N–H and O–H groups in total. The van der Waals surface area contributed by atoms with Gasteiger partial charge in [-0.25, -0.2) is 0 Å². The highest BCUT2D eigenvalue weighted by Gasteiger charge is 2.17. The second-order valence-corrected chi connectivity index (χ2v) is 7.41. The topological polar surface area (TPSA) is 38.3 Å². The summed E-state index contributed by atoms with van der Waals surface area (Å²) in [4.78, 5) is 12.9. The molecule has 0 bridgehead atoms. The van der Waals surface area contributed by atoms with Gasteiger partial charge in [0.25, 0.3) is 5.91 Å². The fourth-order valence-corrected chi connectivity index (χ4v) is 3.38. The van der Waals surface area contributed by atoms with E-state index in [1.54, 1.807) is 18.2 Å². The van der Waals surface area contributed by atoms with Crippen LogP contribution in [0.3, 0.4) is 0 Å². The van der Waals surface area contributed by atoms with E-state index in [4.69, 9.17) is 16.3 Å². The van der Waals surface area contributed by atoms with E-state index < -0.39 is 0 Å². The van der Waals surface area contributed by atoms with Crippen molar-refractivity contribution < 1.29 is 9.53 Å². The molecular weight excluding hydrogens is 370 g/mol. The number of halogens is 1. The van der Waals surface area contributed by atoms with Crippen molar-refractivity contribution in [2.24, 2.45) is 0 Å². The van der Waals surface area contributed by atoms with Gasteiger partial charge in [-0.05, 0) is 55.7 Å². The van der Waals surface area contributed by atoms with E-state index in [-0.39, 0.29) is 11.9 Å². The van der Waals surface area contributed by atoms with Crippen LogP contribution in [-0.4, -0.2) is 5.91 Å². The zero-order valence-corrected chi connectivity index (χ0v) is 17.1. The van der Waals surface area contributed by atoms with Crippen molar-refractivity contribution in [3.05, 3.63) is 99.6 Å². The van der Waals surface area contributed by atoms with Crippen LogP contribution in [0.25, 0.3) is 0 Å². The third-order valence-electron chi connectivity index (χ3n) is 4.66. The summed E-state index contributed by atoms with van der Waals surface area (Å²) in [5.74, 6) is 0.302. The number of carbonyl (C=O) groups is 1. The Labute approximate surface area is 171 Å². The Morgan fingerprint density at radius 2 is 1.79 bits per heavy atom. The van der Waals surface area contributed by atoms with Crippen LogP contribution in [0, 0.1) is 13.8 Å². The van der Waals surface area contributed by atoms with Crippen LogP contribution in [0.2, 0.25) is 5.02 Å². The van der Waals surface area contributed by atoms with E-state index >= 15 is 0 Å². The van der Waals surface area contributed by atoms with E-state index in [0.717, 1.165) is 16.7 Å². The molecule has 3 nitrogen and oxygen atoms in total. The van der Waals surface area contributed by atoms with Gasteiger partial charge in [0.05, 0.1) is 11.6 Å². The van der Waals surface area contributed by atoms with Gasteiger partial charge >= 0.3 is 0 Å². The van der Waals surface area contributed by atoms with Gasteiger partial charge in [0, 0.05) is 5.02 Å². The van der Waals surface area contributed by atoms with Gasteiger partial charge in [0.1, 0.15) is 12.4 Å². The minimum absolute atomic E-state index is 0.131. The van der Waals surface area contributed by atoms with Crippen LogP contribution in [0.1, 0.15) is 45.6 Å². The lowest BCUT2D eigenvalue weighted by molar-refractivity contribution is 0.0935. The van der Waals surface area contributed by atoms with Crippen molar-refractivity contribution in [3.63, 3.8) is 0 Å². The molecule has 0 aliphatic rings. The maximum Gasteiger partial charge on any atom is 0.255 e. The lowest BCUT2D eigenvalue weighted by atomic mass is 10.00. The number of hydrogen-bond acceptors (Lipinski definition) is 2. The molecule has 0 heterocycles. The third kappa shape index (κ3) is 4.93. The van der Waals surface area contributed by atoms with Crippen LogP contribution in [-0.2, 0) is 6.61 Å². The minimum atomic E-state index is -0.210. The van der Waals surface area contributed by atoms with Crippen molar-refractivity contribution in [1.82, 2.24) is 5.32 Å². The average molecular weight is 394 g/mol. The van der Waals surface area contributed by atoms with Crippen LogP contribution < -0.4 is 10.1 Å². The summed E-state index contributed by atoms with van der Waals surface area (Å²) in [6.45, 7) is 6.47. The number of ether oxygens (including phenoxy) is 1. The van der Waals surface area contributed by atoms with Gasteiger partial charge < -0.3 is 10.1 Å². The van der Waals surface area contributed by atoms with Crippen molar-refractivity contribution in [3.8, 4) is 5.75 Å². The van der Waals surface area contributed by atoms with Gasteiger partial charge in [0.15, 0.2) is 0 Å². The van der Waals surface area contributed by atoms with E-state index in [1.165, 1.54) is 5.56 Å². The lowest BCUT2D eigenvalue weighted by Gasteiger charge is -2.18. The molecule has 1 amide bonds. The number of amides is 1. The van der Waals surface area contributed by atoms with Crippen molar-refractivity contribution in [1.29, 1.82) is 0 Å². The summed E-state index contributed by atoms with van der Waals surface area (Å²) in [5.41, 5.74) is 4.91. The first kappa shape index (κ1) is 20.0. The second kappa shape index (κ2) is 8.94. The Hall–Kier alpha value is -2.78. The van der Waals surface area contributed by atoms with Gasteiger partial charge in [-0.1, -0.05) is 65.7 Å². The van der Waals surface area contributed by atoms with E-state index in [9.17, 15) is 4.79 Å². The van der Waals surface area contributed by atoms with Crippen LogP contribution in [0.5, 0.6) is 5.75 Å². The Kier molecular flexibility index (Phi) is 6.37. The first-order chi connectivity index (χ1) is 13.4. The molecule has 28 heavy (non-hydrogen) atoms. The smallest absolute Gasteiger partial charge is 0.255 e. The molecule has 0 fully saturated rings. The molecule has 3 rings (SSSR count). The minimum Gasteiger partial charge on any atom is -0.488 e. The molecule has 0 aliphatic carbocycles. The SMILES string of the molecule is Cc1ccc([C@H](C)NC(=O)c2cc(Cl)ccc2OCc2ccccc2)c(C)c1.